The Morgan fingerprint density at radius 1 is 0.970 bits per heavy atom. The zero-order chi connectivity index (χ0) is 23.9. The summed E-state index contributed by atoms with van der Waals surface area (Å²) in [6.45, 7) is 7.85. The van der Waals surface area contributed by atoms with Gasteiger partial charge in [0, 0.05) is 11.3 Å². The van der Waals surface area contributed by atoms with Crippen LogP contribution in [0, 0.1) is 0 Å². The Morgan fingerprint density at radius 3 is 2.36 bits per heavy atom. The van der Waals surface area contributed by atoms with E-state index >= 15 is 0 Å². The van der Waals surface area contributed by atoms with E-state index in [9.17, 15) is 9.59 Å². The second-order valence-electron chi connectivity index (χ2n) is 9.20. The lowest BCUT2D eigenvalue weighted by Gasteiger charge is -2.25. The van der Waals surface area contributed by atoms with E-state index in [1.54, 1.807) is 17.0 Å². The summed E-state index contributed by atoms with van der Waals surface area (Å²) in [7, 11) is 0. The molecule has 1 amide bonds. The standard InChI is InChI=1S/C27H25Cl2NO3/c1-16(26(32)33-27(2,3)4)20-11-10-19(14-22(20)17-9-12-23(28)24(29)13-17)30-15-18-7-5-6-8-21(18)25(30)31/h5-14,16H,15H2,1-4H3. The molecule has 0 fully saturated rings. The van der Waals surface area contributed by atoms with Crippen LogP contribution in [0.1, 0.15) is 55.1 Å². The predicted octanol–water partition coefficient (Wildman–Crippen LogP) is 7.27. The molecule has 0 aliphatic carbocycles. The van der Waals surface area contributed by atoms with E-state index in [0.717, 1.165) is 27.9 Å². The number of hydrogen-bond acceptors (Lipinski definition) is 3. The summed E-state index contributed by atoms with van der Waals surface area (Å²) in [5.74, 6) is -0.881. The molecule has 0 radical (unpaired) electrons. The topological polar surface area (TPSA) is 46.6 Å². The number of esters is 1. The van der Waals surface area contributed by atoms with Crippen molar-refractivity contribution in [1.29, 1.82) is 0 Å². The molecule has 4 nitrogen and oxygen atoms in total. The summed E-state index contributed by atoms with van der Waals surface area (Å²) in [6.07, 6.45) is 0. The first-order valence-electron chi connectivity index (χ1n) is 10.8. The zero-order valence-electron chi connectivity index (χ0n) is 19.0. The molecule has 0 spiro atoms. The summed E-state index contributed by atoms with van der Waals surface area (Å²) in [5.41, 5.74) is 4.24. The minimum atomic E-state index is -0.594. The number of ether oxygens (including phenoxy) is 1. The van der Waals surface area contributed by atoms with Gasteiger partial charge in [0.1, 0.15) is 5.60 Å². The van der Waals surface area contributed by atoms with Crippen LogP contribution in [0.5, 0.6) is 0 Å². The highest BCUT2D eigenvalue weighted by Crippen LogP contribution is 2.38. The molecule has 1 atom stereocenters. The Balaban J connectivity index is 1.79. The average Bonchev–Trinajstić information content (AvgIpc) is 3.10. The number of hydrogen-bond donors (Lipinski definition) is 0. The Hall–Kier alpha value is -2.82. The second-order valence-corrected chi connectivity index (χ2v) is 10.0. The maximum Gasteiger partial charge on any atom is 0.313 e. The molecular weight excluding hydrogens is 457 g/mol. The van der Waals surface area contributed by atoms with Gasteiger partial charge in [-0.1, -0.05) is 53.5 Å². The highest BCUT2D eigenvalue weighted by Gasteiger charge is 2.30. The lowest BCUT2D eigenvalue weighted by Crippen LogP contribution is -2.27. The number of carbonyl (C=O) groups excluding carboxylic acids is 2. The lowest BCUT2D eigenvalue weighted by molar-refractivity contribution is -0.156. The number of carbonyl (C=O) groups is 2. The molecule has 1 aliphatic heterocycles. The summed E-state index contributed by atoms with van der Waals surface area (Å²) >= 11 is 12.4. The van der Waals surface area contributed by atoms with Gasteiger partial charge in [-0.15, -0.1) is 0 Å². The quantitative estimate of drug-likeness (QED) is 0.368. The summed E-state index contributed by atoms with van der Waals surface area (Å²) in [4.78, 5) is 27.7. The molecule has 0 bridgehead atoms. The monoisotopic (exact) mass is 481 g/mol. The third kappa shape index (κ3) is 4.78. The van der Waals surface area contributed by atoms with Crippen molar-refractivity contribution >= 4 is 40.8 Å². The van der Waals surface area contributed by atoms with E-state index in [0.29, 0.717) is 22.2 Å². The predicted molar refractivity (Wildman–Crippen MR) is 133 cm³/mol. The van der Waals surface area contributed by atoms with Gasteiger partial charge in [0.25, 0.3) is 5.91 Å². The zero-order valence-corrected chi connectivity index (χ0v) is 20.5. The summed E-state index contributed by atoms with van der Waals surface area (Å²) in [6, 6.07) is 18.7. The number of amides is 1. The largest absolute Gasteiger partial charge is 0.460 e. The number of anilines is 1. The van der Waals surface area contributed by atoms with Gasteiger partial charge in [-0.25, -0.2) is 0 Å². The molecule has 0 N–H and O–H groups in total. The molecule has 1 heterocycles. The van der Waals surface area contributed by atoms with Crippen LogP contribution in [0.2, 0.25) is 10.0 Å². The summed E-state index contributed by atoms with van der Waals surface area (Å²) in [5, 5.41) is 0.864. The minimum absolute atomic E-state index is 0.0429. The molecule has 0 saturated heterocycles. The van der Waals surface area contributed by atoms with Gasteiger partial charge < -0.3 is 9.64 Å². The first-order chi connectivity index (χ1) is 15.5. The molecule has 0 aromatic heterocycles. The first kappa shape index (κ1) is 23.3. The smallest absolute Gasteiger partial charge is 0.313 e. The second kappa shape index (κ2) is 8.85. The number of fused-ring (bicyclic) bond motifs is 1. The average molecular weight is 482 g/mol. The van der Waals surface area contributed by atoms with Crippen molar-refractivity contribution in [1.82, 2.24) is 0 Å². The maximum atomic E-state index is 13.0. The van der Waals surface area contributed by atoms with Crippen molar-refractivity contribution in [2.24, 2.45) is 0 Å². The van der Waals surface area contributed by atoms with Crippen molar-refractivity contribution in [2.45, 2.75) is 45.8 Å². The van der Waals surface area contributed by atoms with E-state index in [-0.39, 0.29) is 11.9 Å². The Morgan fingerprint density at radius 2 is 1.70 bits per heavy atom. The number of benzene rings is 3. The van der Waals surface area contributed by atoms with Crippen LogP contribution in [-0.4, -0.2) is 17.5 Å². The molecule has 1 unspecified atom stereocenters. The third-order valence-electron chi connectivity index (χ3n) is 5.63. The van der Waals surface area contributed by atoms with E-state index in [1.165, 1.54) is 0 Å². The minimum Gasteiger partial charge on any atom is -0.460 e. The fraction of sp³-hybridized carbons (Fsp3) is 0.259. The van der Waals surface area contributed by atoms with Crippen molar-refractivity contribution in [2.75, 3.05) is 4.90 Å². The number of halogens is 2. The number of rotatable bonds is 4. The Kier molecular flexibility index (Phi) is 6.26. The van der Waals surface area contributed by atoms with Crippen LogP contribution < -0.4 is 4.90 Å². The fourth-order valence-electron chi connectivity index (χ4n) is 3.98. The van der Waals surface area contributed by atoms with Gasteiger partial charge in [0.2, 0.25) is 0 Å². The van der Waals surface area contributed by atoms with Crippen molar-refractivity contribution in [3.63, 3.8) is 0 Å². The number of nitrogens with zero attached hydrogens (tertiary/aromatic N) is 1. The lowest BCUT2D eigenvalue weighted by atomic mass is 9.90. The fourth-order valence-corrected chi connectivity index (χ4v) is 4.28. The van der Waals surface area contributed by atoms with E-state index in [4.69, 9.17) is 27.9 Å². The molecule has 33 heavy (non-hydrogen) atoms. The molecule has 3 aromatic rings. The van der Waals surface area contributed by atoms with Gasteiger partial charge in [0.05, 0.1) is 22.5 Å². The SMILES string of the molecule is CC(C(=O)OC(C)(C)C)c1ccc(N2Cc3ccccc3C2=O)cc1-c1ccc(Cl)c(Cl)c1. The molecule has 1 aliphatic rings. The van der Waals surface area contributed by atoms with Crippen LogP contribution >= 0.6 is 23.2 Å². The van der Waals surface area contributed by atoms with E-state index in [1.807, 2.05) is 76.2 Å². The van der Waals surface area contributed by atoms with Crippen LogP contribution in [0.4, 0.5) is 5.69 Å². The van der Waals surface area contributed by atoms with Gasteiger partial charge in [0.15, 0.2) is 0 Å². The Labute approximate surface area is 204 Å². The third-order valence-corrected chi connectivity index (χ3v) is 6.37. The normalized spacial score (nSPS) is 14.2. The van der Waals surface area contributed by atoms with Crippen LogP contribution in [0.3, 0.4) is 0 Å². The highest BCUT2D eigenvalue weighted by molar-refractivity contribution is 6.42. The van der Waals surface area contributed by atoms with Crippen molar-refractivity contribution in [3.8, 4) is 11.1 Å². The molecular formula is C27H25Cl2NO3. The maximum absolute atomic E-state index is 13.0. The van der Waals surface area contributed by atoms with Crippen molar-refractivity contribution < 1.29 is 14.3 Å². The van der Waals surface area contributed by atoms with Gasteiger partial charge >= 0.3 is 5.97 Å². The molecule has 3 aromatic carbocycles. The Bertz CT molecular complexity index is 1250. The van der Waals surface area contributed by atoms with Crippen LogP contribution in [-0.2, 0) is 16.1 Å². The van der Waals surface area contributed by atoms with E-state index in [2.05, 4.69) is 0 Å². The molecule has 0 saturated carbocycles. The molecule has 170 valence electrons. The summed E-state index contributed by atoms with van der Waals surface area (Å²) < 4.78 is 5.63. The van der Waals surface area contributed by atoms with Crippen LogP contribution in [0.15, 0.2) is 60.7 Å². The highest BCUT2D eigenvalue weighted by atomic mass is 35.5. The molecule has 4 rings (SSSR count). The van der Waals surface area contributed by atoms with Crippen molar-refractivity contribution in [3.05, 3.63) is 87.4 Å². The van der Waals surface area contributed by atoms with Crippen LogP contribution in [0.25, 0.3) is 11.1 Å². The van der Waals surface area contributed by atoms with Gasteiger partial charge in [-0.05, 0) is 80.3 Å². The van der Waals surface area contributed by atoms with Gasteiger partial charge in [-0.2, -0.15) is 0 Å². The van der Waals surface area contributed by atoms with Gasteiger partial charge in [-0.3, -0.25) is 9.59 Å². The first-order valence-corrected chi connectivity index (χ1v) is 11.5. The van der Waals surface area contributed by atoms with E-state index < -0.39 is 11.5 Å². The molecule has 6 heteroatoms.